The zero-order chi connectivity index (χ0) is 10.6. The zero-order valence-corrected chi connectivity index (χ0v) is 7.80. The molecule has 0 aliphatic heterocycles. The molecular formula is C10H10F2N2. The molecule has 0 bridgehead atoms. The number of nitriles is 1. The smallest absolute Gasteiger partial charge is 0.130 e. The summed E-state index contributed by atoms with van der Waals surface area (Å²) in [4.78, 5) is 1.65. The van der Waals surface area contributed by atoms with Crippen molar-refractivity contribution >= 4 is 0 Å². The molecular weight excluding hydrogens is 186 g/mol. The van der Waals surface area contributed by atoms with Crippen LogP contribution in [0, 0.1) is 23.0 Å². The van der Waals surface area contributed by atoms with Crippen molar-refractivity contribution < 1.29 is 8.78 Å². The number of nitrogens with zero attached hydrogens (tertiary/aromatic N) is 2. The fraction of sp³-hybridized carbons (Fsp3) is 0.300. The molecule has 0 heterocycles. The van der Waals surface area contributed by atoms with Gasteiger partial charge in [-0.05, 0) is 13.1 Å². The van der Waals surface area contributed by atoms with Gasteiger partial charge in [0.15, 0.2) is 0 Å². The molecule has 0 atom stereocenters. The van der Waals surface area contributed by atoms with Crippen molar-refractivity contribution in [3.63, 3.8) is 0 Å². The number of benzene rings is 1. The average molecular weight is 196 g/mol. The highest BCUT2D eigenvalue weighted by atomic mass is 19.1. The zero-order valence-electron chi connectivity index (χ0n) is 7.80. The second-order valence-electron chi connectivity index (χ2n) is 3.07. The fourth-order valence-corrected chi connectivity index (χ4v) is 1.12. The van der Waals surface area contributed by atoms with E-state index in [9.17, 15) is 8.78 Å². The van der Waals surface area contributed by atoms with Crippen molar-refractivity contribution in [1.82, 2.24) is 4.90 Å². The van der Waals surface area contributed by atoms with Gasteiger partial charge >= 0.3 is 0 Å². The lowest BCUT2D eigenvalue weighted by Crippen LogP contribution is -2.18. The predicted molar refractivity (Wildman–Crippen MR) is 48.3 cm³/mol. The monoisotopic (exact) mass is 196 g/mol. The molecule has 0 radical (unpaired) electrons. The van der Waals surface area contributed by atoms with Crippen LogP contribution in [-0.2, 0) is 6.54 Å². The van der Waals surface area contributed by atoms with Crippen LogP contribution < -0.4 is 0 Å². The quantitative estimate of drug-likeness (QED) is 0.690. The van der Waals surface area contributed by atoms with Crippen LogP contribution in [0.5, 0.6) is 0 Å². The van der Waals surface area contributed by atoms with Gasteiger partial charge in [0.05, 0.1) is 12.6 Å². The van der Waals surface area contributed by atoms with E-state index in [1.54, 1.807) is 11.9 Å². The van der Waals surface area contributed by atoms with Gasteiger partial charge in [-0.2, -0.15) is 5.26 Å². The largest absolute Gasteiger partial charge is 0.289 e. The van der Waals surface area contributed by atoms with Crippen LogP contribution in [0.4, 0.5) is 8.78 Å². The van der Waals surface area contributed by atoms with Crippen LogP contribution in [0.1, 0.15) is 5.56 Å². The summed E-state index contributed by atoms with van der Waals surface area (Å²) < 4.78 is 25.6. The van der Waals surface area contributed by atoms with Crippen molar-refractivity contribution in [3.8, 4) is 6.07 Å². The molecule has 2 nitrogen and oxygen atoms in total. The molecule has 0 aliphatic rings. The maximum absolute atomic E-state index is 13.1. The molecule has 14 heavy (non-hydrogen) atoms. The first-order valence-corrected chi connectivity index (χ1v) is 4.13. The van der Waals surface area contributed by atoms with E-state index in [2.05, 4.69) is 0 Å². The molecule has 0 saturated carbocycles. The Balaban J connectivity index is 2.73. The molecule has 0 unspecified atom stereocenters. The summed E-state index contributed by atoms with van der Waals surface area (Å²) >= 11 is 0. The Labute approximate surface area is 81.4 Å². The molecule has 0 spiro atoms. The van der Waals surface area contributed by atoms with Gasteiger partial charge in [0.2, 0.25) is 0 Å². The van der Waals surface area contributed by atoms with Crippen molar-refractivity contribution in [2.75, 3.05) is 13.6 Å². The minimum absolute atomic E-state index is 0.219. The molecule has 0 N–H and O–H groups in total. The molecule has 1 aromatic carbocycles. The topological polar surface area (TPSA) is 27.0 Å². The lowest BCUT2D eigenvalue weighted by atomic mass is 10.2. The normalized spacial score (nSPS) is 10.2. The van der Waals surface area contributed by atoms with Crippen LogP contribution in [0.2, 0.25) is 0 Å². The maximum Gasteiger partial charge on any atom is 0.130 e. The second-order valence-corrected chi connectivity index (χ2v) is 3.07. The lowest BCUT2D eigenvalue weighted by molar-refractivity contribution is 0.359. The Morgan fingerprint density at radius 3 is 2.71 bits per heavy atom. The Kier molecular flexibility index (Phi) is 3.55. The van der Waals surface area contributed by atoms with Crippen molar-refractivity contribution in [1.29, 1.82) is 5.26 Å². The van der Waals surface area contributed by atoms with Gasteiger partial charge < -0.3 is 0 Å². The van der Waals surface area contributed by atoms with Gasteiger partial charge in [0, 0.05) is 18.2 Å². The molecule has 4 heteroatoms. The summed E-state index contributed by atoms with van der Waals surface area (Å²) in [5, 5.41) is 8.38. The molecule has 1 aromatic rings. The number of hydrogen-bond acceptors (Lipinski definition) is 2. The molecule has 0 saturated heterocycles. The van der Waals surface area contributed by atoms with Crippen molar-refractivity contribution in [3.05, 3.63) is 35.4 Å². The van der Waals surface area contributed by atoms with Gasteiger partial charge in [-0.3, -0.25) is 4.90 Å². The van der Waals surface area contributed by atoms with E-state index >= 15 is 0 Å². The minimum atomic E-state index is -0.589. The van der Waals surface area contributed by atoms with Crippen LogP contribution in [-0.4, -0.2) is 18.5 Å². The third kappa shape index (κ3) is 2.79. The Morgan fingerprint density at radius 1 is 1.43 bits per heavy atom. The van der Waals surface area contributed by atoms with Crippen LogP contribution in [0.25, 0.3) is 0 Å². The van der Waals surface area contributed by atoms with E-state index in [1.165, 1.54) is 12.1 Å². The first-order chi connectivity index (χ1) is 6.63. The predicted octanol–water partition coefficient (Wildman–Crippen LogP) is 1.92. The third-order valence-electron chi connectivity index (χ3n) is 1.80. The summed E-state index contributed by atoms with van der Waals surface area (Å²) in [6, 6.07) is 5.39. The van der Waals surface area contributed by atoms with Gasteiger partial charge in [-0.1, -0.05) is 6.07 Å². The van der Waals surface area contributed by atoms with E-state index in [0.29, 0.717) is 12.1 Å². The molecule has 74 valence electrons. The first-order valence-electron chi connectivity index (χ1n) is 4.13. The van der Waals surface area contributed by atoms with E-state index < -0.39 is 11.6 Å². The fourth-order valence-electron chi connectivity index (χ4n) is 1.12. The summed E-state index contributed by atoms with van der Waals surface area (Å²) in [5.74, 6) is -1.16. The van der Waals surface area contributed by atoms with Crippen LogP contribution >= 0.6 is 0 Å². The Bertz CT molecular complexity index is 358. The summed E-state index contributed by atoms with van der Waals surface area (Å²) in [7, 11) is 1.70. The van der Waals surface area contributed by atoms with Crippen LogP contribution in [0.3, 0.4) is 0 Å². The van der Waals surface area contributed by atoms with Crippen molar-refractivity contribution in [2.45, 2.75) is 6.54 Å². The third-order valence-corrected chi connectivity index (χ3v) is 1.80. The van der Waals surface area contributed by atoms with E-state index in [-0.39, 0.29) is 6.54 Å². The van der Waals surface area contributed by atoms with Gasteiger partial charge in [0.1, 0.15) is 11.6 Å². The minimum Gasteiger partial charge on any atom is -0.289 e. The van der Waals surface area contributed by atoms with E-state index in [4.69, 9.17) is 5.26 Å². The second kappa shape index (κ2) is 4.68. The summed E-state index contributed by atoms with van der Waals surface area (Å²) in [5.41, 5.74) is 0.393. The Morgan fingerprint density at radius 2 is 2.14 bits per heavy atom. The number of rotatable bonds is 3. The summed E-state index contributed by atoms with van der Waals surface area (Å²) in [6.07, 6.45) is 0. The lowest BCUT2D eigenvalue weighted by Gasteiger charge is -2.12. The van der Waals surface area contributed by atoms with Crippen molar-refractivity contribution in [2.24, 2.45) is 0 Å². The Hall–Kier alpha value is -1.47. The van der Waals surface area contributed by atoms with E-state index in [0.717, 1.165) is 6.07 Å². The summed E-state index contributed by atoms with van der Waals surface area (Å²) in [6.45, 7) is 0.524. The van der Waals surface area contributed by atoms with Gasteiger partial charge in [-0.15, -0.1) is 0 Å². The van der Waals surface area contributed by atoms with Gasteiger partial charge in [-0.25, -0.2) is 8.78 Å². The highest BCUT2D eigenvalue weighted by Crippen LogP contribution is 2.10. The molecule has 1 rings (SSSR count). The highest BCUT2D eigenvalue weighted by Gasteiger charge is 2.06. The molecule has 0 fully saturated rings. The molecule has 0 aliphatic carbocycles. The molecule has 0 aromatic heterocycles. The number of hydrogen-bond donors (Lipinski definition) is 0. The highest BCUT2D eigenvalue weighted by molar-refractivity contribution is 5.18. The SMILES string of the molecule is CN(CC#N)Cc1ccc(F)cc1F. The van der Waals surface area contributed by atoms with Crippen LogP contribution in [0.15, 0.2) is 18.2 Å². The van der Waals surface area contributed by atoms with E-state index in [1.807, 2.05) is 6.07 Å². The first kappa shape index (κ1) is 10.6. The molecule has 0 amide bonds. The van der Waals surface area contributed by atoms with Gasteiger partial charge in [0.25, 0.3) is 0 Å². The standard InChI is InChI=1S/C10H10F2N2/c1-14(5-4-13)7-8-2-3-9(11)6-10(8)12/h2-3,6H,5,7H2,1H3. The average Bonchev–Trinajstić information content (AvgIpc) is 2.10. The maximum atomic E-state index is 13.1. The number of halogens is 2.